The Morgan fingerprint density at radius 2 is 1.34 bits per heavy atom. The number of hydrogen-bond donors (Lipinski definition) is 3. The molecular formula is C35H36N2O10. The summed E-state index contributed by atoms with van der Waals surface area (Å²) >= 11 is 0. The number of rotatable bonds is 13. The number of nitrogens with zero attached hydrogens (tertiary/aromatic N) is 1. The fourth-order valence-corrected chi connectivity index (χ4v) is 6.98. The Kier molecular flexibility index (Phi) is 9.00. The molecule has 47 heavy (non-hydrogen) atoms. The van der Waals surface area contributed by atoms with Crippen molar-refractivity contribution in [3.8, 4) is 11.5 Å². The highest BCUT2D eigenvalue weighted by Gasteiger charge is 2.70. The number of carbonyl (C=O) groups excluding carboxylic acids is 3. The number of aliphatic hydroxyl groups is 1. The summed E-state index contributed by atoms with van der Waals surface area (Å²) in [6, 6.07) is 24.3. The van der Waals surface area contributed by atoms with Gasteiger partial charge in [0.25, 0.3) is 0 Å². The zero-order valence-corrected chi connectivity index (χ0v) is 25.9. The predicted octanol–water partition coefficient (Wildman–Crippen LogP) is 2.11. The second-order valence-corrected chi connectivity index (χ2v) is 11.8. The van der Waals surface area contributed by atoms with Crippen molar-refractivity contribution in [3.05, 3.63) is 95.6 Å². The number of carboxylic acids is 1. The van der Waals surface area contributed by atoms with Gasteiger partial charge in [-0.05, 0) is 41.0 Å². The molecule has 6 rings (SSSR count). The van der Waals surface area contributed by atoms with Gasteiger partial charge in [0.05, 0.1) is 44.7 Å². The zero-order chi connectivity index (χ0) is 33.3. The normalized spacial score (nSPS) is 24.7. The lowest BCUT2D eigenvalue weighted by Gasteiger charge is -2.41. The van der Waals surface area contributed by atoms with E-state index in [4.69, 9.17) is 24.1 Å². The molecule has 3 aromatic rings. The van der Waals surface area contributed by atoms with Gasteiger partial charge in [0, 0.05) is 19.5 Å². The van der Waals surface area contributed by atoms with Gasteiger partial charge in [-0.2, -0.15) is 0 Å². The number of carbonyl (C=O) groups is 4. The molecule has 3 saturated heterocycles. The van der Waals surface area contributed by atoms with Crippen LogP contribution in [0.2, 0.25) is 0 Å². The lowest BCUT2D eigenvalue weighted by molar-refractivity contribution is -0.145. The standard InChI is InChI=1S/C35H36N2O10/c1-44-23-12-8-21(9-13-23)35(20-6-4-3-5-7-20,22-10-14-24(45-2)15-11-22)47-32-29(41)30-27-28(31(32)46-30)34(43)37(33(27)42)19-18-36-25(38)16-17-26(39)40/h3-15,27-32,41H,16-19H2,1-2H3,(H,36,38)(H,39,40)/t27?,28?,29-,30?,31?,32-/m0/s1. The Morgan fingerprint density at radius 3 is 1.87 bits per heavy atom. The van der Waals surface area contributed by atoms with Crippen molar-refractivity contribution in [2.75, 3.05) is 27.3 Å². The summed E-state index contributed by atoms with van der Waals surface area (Å²) in [6.07, 6.45) is -4.66. The van der Waals surface area contributed by atoms with Crippen molar-refractivity contribution in [2.45, 2.75) is 42.9 Å². The highest BCUT2D eigenvalue weighted by molar-refractivity contribution is 6.06. The Balaban J connectivity index is 1.32. The smallest absolute Gasteiger partial charge is 0.303 e. The molecule has 3 amide bonds. The van der Waals surface area contributed by atoms with Gasteiger partial charge in [0.1, 0.15) is 29.3 Å². The lowest BCUT2D eigenvalue weighted by Crippen LogP contribution is -2.52. The molecule has 246 valence electrons. The van der Waals surface area contributed by atoms with Crippen LogP contribution in [0.3, 0.4) is 0 Å². The van der Waals surface area contributed by atoms with Crippen molar-refractivity contribution in [2.24, 2.45) is 11.8 Å². The summed E-state index contributed by atoms with van der Waals surface area (Å²) in [5.41, 5.74) is 0.932. The number of aliphatic carboxylic acids is 1. The Bertz CT molecular complexity index is 1580. The third kappa shape index (κ3) is 5.73. The van der Waals surface area contributed by atoms with Gasteiger partial charge in [0.15, 0.2) is 0 Å². The number of benzene rings is 3. The number of ether oxygens (including phenoxy) is 4. The summed E-state index contributed by atoms with van der Waals surface area (Å²) in [5.74, 6) is -3.03. The van der Waals surface area contributed by atoms with Crippen LogP contribution in [0.25, 0.3) is 0 Å². The third-order valence-corrected chi connectivity index (χ3v) is 9.22. The number of carboxylic acid groups (broad SMARTS) is 1. The minimum absolute atomic E-state index is 0.0277. The van der Waals surface area contributed by atoms with Gasteiger partial charge in [-0.15, -0.1) is 0 Å². The Morgan fingerprint density at radius 1 is 0.809 bits per heavy atom. The molecule has 3 N–H and O–H groups in total. The third-order valence-electron chi connectivity index (χ3n) is 9.22. The highest BCUT2D eigenvalue weighted by Crippen LogP contribution is 2.53. The minimum Gasteiger partial charge on any atom is -0.497 e. The zero-order valence-electron chi connectivity index (χ0n) is 25.9. The van der Waals surface area contributed by atoms with E-state index in [1.165, 1.54) is 0 Å². The second-order valence-electron chi connectivity index (χ2n) is 11.8. The molecule has 3 heterocycles. The number of hydrogen-bond acceptors (Lipinski definition) is 9. The van der Waals surface area contributed by atoms with Crippen LogP contribution in [0.1, 0.15) is 29.5 Å². The number of nitrogens with one attached hydrogen (secondary N) is 1. The van der Waals surface area contributed by atoms with Gasteiger partial charge in [-0.3, -0.25) is 24.1 Å². The number of methoxy groups -OCH3 is 2. The van der Waals surface area contributed by atoms with E-state index < -0.39 is 65.5 Å². The molecule has 0 aromatic heterocycles. The average Bonchev–Trinajstić information content (AvgIpc) is 3.71. The van der Waals surface area contributed by atoms with E-state index in [1.54, 1.807) is 14.2 Å². The molecule has 6 atom stereocenters. The summed E-state index contributed by atoms with van der Waals surface area (Å²) in [6.45, 7) is -0.115. The number of likely N-dealkylation sites (tertiary alicyclic amines) is 1. The first kappa shape index (κ1) is 32.2. The van der Waals surface area contributed by atoms with Crippen LogP contribution in [0, 0.1) is 11.8 Å². The predicted molar refractivity (Wildman–Crippen MR) is 165 cm³/mol. The van der Waals surface area contributed by atoms with Crippen molar-refractivity contribution < 1.29 is 48.3 Å². The summed E-state index contributed by atoms with van der Waals surface area (Å²) in [7, 11) is 3.16. The van der Waals surface area contributed by atoms with Crippen LogP contribution >= 0.6 is 0 Å². The molecule has 3 aliphatic rings. The molecule has 4 unspecified atom stereocenters. The van der Waals surface area contributed by atoms with Gasteiger partial charge >= 0.3 is 5.97 Å². The molecule has 12 heteroatoms. The number of imide groups is 1. The second kappa shape index (κ2) is 13.1. The molecular weight excluding hydrogens is 608 g/mol. The summed E-state index contributed by atoms with van der Waals surface area (Å²) in [5, 5.41) is 23.0. The lowest BCUT2D eigenvalue weighted by atomic mass is 9.76. The van der Waals surface area contributed by atoms with E-state index in [9.17, 15) is 24.3 Å². The minimum atomic E-state index is -1.29. The number of amides is 3. The van der Waals surface area contributed by atoms with Crippen LogP contribution in [-0.4, -0.2) is 90.5 Å². The van der Waals surface area contributed by atoms with E-state index in [-0.39, 0.29) is 25.9 Å². The average molecular weight is 645 g/mol. The molecule has 0 aliphatic carbocycles. The molecule has 0 spiro atoms. The first-order valence-electron chi connectivity index (χ1n) is 15.4. The monoisotopic (exact) mass is 644 g/mol. The molecule has 3 aromatic carbocycles. The maximum Gasteiger partial charge on any atom is 0.303 e. The van der Waals surface area contributed by atoms with Crippen LogP contribution < -0.4 is 14.8 Å². The maximum absolute atomic E-state index is 13.7. The first-order chi connectivity index (χ1) is 22.7. The molecule has 2 bridgehead atoms. The van der Waals surface area contributed by atoms with Crippen LogP contribution in [0.4, 0.5) is 0 Å². The maximum atomic E-state index is 13.7. The molecule has 0 radical (unpaired) electrons. The number of fused-ring (bicyclic) bond motifs is 5. The van der Waals surface area contributed by atoms with E-state index >= 15 is 0 Å². The fraction of sp³-hybridized carbons (Fsp3) is 0.371. The van der Waals surface area contributed by atoms with Crippen molar-refractivity contribution in [1.29, 1.82) is 0 Å². The molecule has 3 fully saturated rings. The quantitative estimate of drug-likeness (QED) is 0.186. The summed E-state index contributed by atoms with van der Waals surface area (Å²) < 4.78 is 24.1. The van der Waals surface area contributed by atoms with Gasteiger partial charge < -0.3 is 34.5 Å². The van der Waals surface area contributed by atoms with Gasteiger partial charge in [-0.25, -0.2) is 0 Å². The summed E-state index contributed by atoms with van der Waals surface area (Å²) in [4.78, 5) is 51.0. The van der Waals surface area contributed by atoms with E-state index in [2.05, 4.69) is 5.32 Å². The van der Waals surface area contributed by atoms with Crippen molar-refractivity contribution in [3.63, 3.8) is 0 Å². The van der Waals surface area contributed by atoms with Gasteiger partial charge in [0.2, 0.25) is 17.7 Å². The van der Waals surface area contributed by atoms with Crippen LogP contribution in [-0.2, 0) is 34.3 Å². The Labute approximate surface area is 271 Å². The largest absolute Gasteiger partial charge is 0.497 e. The van der Waals surface area contributed by atoms with E-state index in [1.807, 2.05) is 78.9 Å². The topological polar surface area (TPSA) is 161 Å². The van der Waals surface area contributed by atoms with E-state index in [0.29, 0.717) is 11.5 Å². The van der Waals surface area contributed by atoms with Crippen LogP contribution in [0.5, 0.6) is 11.5 Å². The fourth-order valence-electron chi connectivity index (χ4n) is 6.98. The van der Waals surface area contributed by atoms with Crippen molar-refractivity contribution >= 4 is 23.7 Å². The molecule has 12 nitrogen and oxygen atoms in total. The van der Waals surface area contributed by atoms with Crippen molar-refractivity contribution in [1.82, 2.24) is 10.2 Å². The highest BCUT2D eigenvalue weighted by atomic mass is 16.6. The van der Waals surface area contributed by atoms with Gasteiger partial charge in [-0.1, -0.05) is 54.6 Å². The molecule has 0 saturated carbocycles. The number of aliphatic hydroxyl groups excluding tert-OH is 1. The SMILES string of the molecule is COc1ccc(C(O[C@@H]2C3OC(C4C(=O)N(CCNC(=O)CCC(=O)O)C(=O)C43)[C@@H]2O)(c2ccccc2)c2ccc(OC)cc2)cc1. The van der Waals surface area contributed by atoms with Crippen LogP contribution in [0.15, 0.2) is 78.9 Å². The first-order valence-corrected chi connectivity index (χ1v) is 15.4. The Hall–Kier alpha value is -4.78. The van der Waals surface area contributed by atoms with E-state index in [0.717, 1.165) is 21.6 Å². The molecule has 3 aliphatic heterocycles.